The Morgan fingerprint density at radius 2 is 1.24 bits per heavy atom. The Morgan fingerprint density at radius 3 is 1.38 bits per heavy atom. The number of aliphatic hydroxyl groups excluding tert-OH is 3. The van der Waals surface area contributed by atoms with Crippen molar-refractivity contribution in [2.24, 2.45) is 5.41 Å². The van der Waals surface area contributed by atoms with Crippen molar-refractivity contribution < 1.29 is 45.1 Å². The van der Waals surface area contributed by atoms with Gasteiger partial charge in [0, 0.05) is 0 Å². The van der Waals surface area contributed by atoms with E-state index >= 15 is 0 Å². The zero-order valence-electron chi connectivity index (χ0n) is 10.3. The number of hydrogen-bond donors (Lipinski definition) is 3. The molecule has 0 aromatic rings. The minimum Gasteiger partial charge on any atom is -0.395 e. The molecule has 0 spiro atoms. The normalized spacial score (nSPS) is 13.1. The van der Waals surface area contributed by atoms with Crippen molar-refractivity contribution in [3.63, 3.8) is 0 Å². The average Bonchev–Trinajstić information content (AvgIpc) is 2.27. The van der Waals surface area contributed by atoms with Crippen LogP contribution in [0.3, 0.4) is 0 Å². The molecule has 0 aromatic heterocycles. The smallest absolute Gasteiger partial charge is 0.395 e. The summed E-state index contributed by atoms with van der Waals surface area (Å²) in [5.41, 5.74) is -2.83. The van der Waals surface area contributed by atoms with Crippen molar-refractivity contribution in [2.75, 3.05) is 13.2 Å². The van der Waals surface area contributed by atoms with Crippen LogP contribution in [0.25, 0.3) is 0 Å². The number of nitrogens with zero attached hydrogens (tertiary/aromatic N) is 3. The van der Waals surface area contributed by atoms with Gasteiger partial charge in [0.1, 0.15) is 5.41 Å². The molecule has 0 aliphatic heterocycles. The largest absolute Gasteiger partial charge is 0.419 e. The van der Waals surface area contributed by atoms with Gasteiger partial charge in [0.05, 0.1) is 19.3 Å². The SMILES string of the molecule is CC(O)C(CO)(CO)C(O[N+](=O)[O-])(O[N+](=O)[O-])O[N+](=O)[O-]. The van der Waals surface area contributed by atoms with E-state index in [1.807, 2.05) is 0 Å². The highest BCUT2D eigenvalue weighted by atomic mass is 17.2. The van der Waals surface area contributed by atoms with Gasteiger partial charge in [-0.1, -0.05) is 0 Å². The predicted molar refractivity (Wildman–Crippen MR) is 55.3 cm³/mol. The molecule has 0 aliphatic rings. The minimum absolute atomic E-state index is 0.803. The summed E-state index contributed by atoms with van der Waals surface area (Å²) < 4.78 is 0. The second kappa shape index (κ2) is 6.77. The highest BCUT2D eigenvalue weighted by Gasteiger charge is 2.64. The molecule has 15 nitrogen and oxygen atoms in total. The molecule has 1 atom stereocenters. The van der Waals surface area contributed by atoms with Crippen LogP contribution >= 0.6 is 0 Å². The van der Waals surface area contributed by atoms with Gasteiger partial charge in [-0.3, -0.25) is 0 Å². The predicted octanol–water partition coefficient (Wildman–Crippen LogP) is -2.38. The van der Waals surface area contributed by atoms with E-state index in [9.17, 15) is 45.7 Å². The zero-order chi connectivity index (χ0) is 16.8. The van der Waals surface area contributed by atoms with E-state index in [0.29, 0.717) is 0 Å². The van der Waals surface area contributed by atoms with Crippen molar-refractivity contribution in [3.05, 3.63) is 30.3 Å². The first-order chi connectivity index (χ1) is 9.56. The van der Waals surface area contributed by atoms with E-state index in [-0.39, 0.29) is 0 Å². The number of rotatable bonds is 10. The maximum absolute atomic E-state index is 10.4. The molecule has 1 unspecified atom stereocenters. The quantitative estimate of drug-likeness (QED) is 0.218. The number of hydrogen-bond acceptors (Lipinski definition) is 12. The van der Waals surface area contributed by atoms with Gasteiger partial charge < -0.3 is 15.3 Å². The summed E-state index contributed by atoms with van der Waals surface area (Å²) in [5, 5.41) is 53.9. The van der Waals surface area contributed by atoms with Crippen LogP contribution in [0.1, 0.15) is 6.92 Å². The zero-order valence-corrected chi connectivity index (χ0v) is 10.3. The molecule has 21 heavy (non-hydrogen) atoms. The van der Waals surface area contributed by atoms with Gasteiger partial charge in [0.2, 0.25) is 0 Å². The van der Waals surface area contributed by atoms with E-state index in [4.69, 9.17) is 0 Å². The molecule has 0 saturated carbocycles. The Bertz CT molecular complexity index is 365. The molecule has 0 amide bonds. The van der Waals surface area contributed by atoms with Crippen LogP contribution in [-0.4, -0.2) is 55.9 Å². The minimum atomic E-state index is -3.85. The molecular weight excluding hydrogens is 306 g/mol. The molecule has 0 rings (SSSR count). The van der Waals surface area contributed by atoms with Crippen LogP contribution in [0, 0.1) is 35.8 Å². The Morgan fingerprint density at radius 1 is 0.952 bits per heavy atom. The molecule has 0 fully saturated rings. The molecule has 0 radical (unpaired) electrons. The van der Waals surface area contributed by atoms with E-state index in [2.05, 4.69) is 14.5 Å². The topological polar surface area (TPSA) is 218 Å². The Kier molecular flexibility index (Phi) is 5.96. The Labute approximate surface area is 114 Å². The molecule has 15 heteroatoms. The lowest BCUT2D eigenvalue weighted by Crippen LogP contribution is -2.65. The maximum atomic E-state index is 10.4. The summed E-state index contributed by atoms with van der Waals surface area (Å²) in [6.45, 7) is -2.12. The van der Waals surface area contributed by atoms with Crippen molar-refractivity contribution in [2.45, 2.75) is 19.0 Å². The van der Waals surface area contributed by atoms with Crippen LogP contribution in [-0.2, 0) is 14.5 Å². The van der Waals surface area contributed by atoms with Crippen LogP contribution in [0.4, 0.5) is 0 Å². The molecule has 0 aliphatic carbocycles. The molecule has 0 aromatic carbocycles. The highest BCUT2D eigenvalue weighted by molar-refractivity contribution is 4.91. The second-order valence-electron chi connectivity index (χ2n) is 3.65. The molecule has 122 valence electrons. The van der Waals surface area contributed by atoms with Gasteiger partial charge in [0.25, 0.3) is 15.3 Å². The van der Waals surface area contributed by atoms with Crippen LogP contribution in [0.15, 0.2) is 0 Å². The molecular formula is C6H11N3O12. The fourth-order valence-corrected chi connectivity index (χ4v) is 1.38. The van der Waals surface area contributed by atoms with Gasteiger partial charge in [-0.2, -0.15) is 0 Å². The lowest BCUT2D eigenvalue weighted by molar-refractivity contribution is -0.965. The van der Waals surface area contributed by atoms with Gasteiger partial charge in [0.15, 0.2) is 0 Å². The monoisotopic (exact) mass is 317 g/mol. The average molecular weight is 317 g/mol. The van der Waals surface area contributed by atoms with Crippen LogP contribution < -0.4 is 0 Å². The third-order valence-corrected chi connectivity index (χ3v) is 2.56. The van der Waals surface area contributed by atoms with Crippen molar-refractivity contribution in [1.29, 1.82) is 0 Å². The second-order valence-corrected chi connectivity index (χ2v) is 3.65. The van der Waals surface area contributed by atoms with Gasteiger partial charge in [-0.05, 0) is 6.92 Å². The van der Waals surface area contributed by atoms with E-state index in [0.717, 1.165) is 6.92 Å². The maximum Gasteiger partial charge on any atom is 0.419 e. The molecule has 0 saturated heterocycles. The van der Waals surface area contributed by atoms with Crippen molar-refractivity contribution >= 4 is 0 Å². The van der Waals surface area contributed by atoms with E-state index < -0.39 is 46.0 Å². The van der Waals surface area contributed by atoms with Gasteiger partial charge in [-0.15, -0.1) is 30.3 Å². The molecule has 0 heterocycles. The van der Waals surface area contributed by atoms with Gasteiger partial charge >= 0.3 is 5.97 Å². The van der Waals surface area contributed by atoms with Crippen LogP contribution in [0.2, 0.25) is 0 Å². The molecule has 3 N–H and O–H groups in total. The van der Waals surface area contributed by atoms with E-state index in [1.54, 1.807) is 0 Å². The van der Waals surface area contributed by atoms with Gasteiger partial charge in [-0.25, -0.2) is 14.5 Å². The number of aliphatic hydroxyl groups is 3. The standard InChI is InChI=1S/C6H11N3O12/c1-4(12)5(2-10,3-11)6(19-7(13)14,20-8(15)16)21-9(17)18/h4,10-12H,2-3H2,1H3. The first kappa shape index (κ1) is 18.5. The summed E-state index contributed by atoms with van der Waals surface area (Å²) in [6, 6.07) is 0. The first-order valence-electron chi connectivity index (χ1n) is 4.97. The summed E-state index contributed by atoms with van der Waals surface area (Å²) in [7, 11) is 0. The first-order valence-corrected chi connectivity index (χ1v) is 4.97. The third kappa shape index (κ3) is 3.74. The summed E-state index contributed by atoms with van der Waals surface area (Å²) in [6.07, 6.45) is -2.02. The van der Waals surface area contributed by atoms with Crippen molar-refractivity contribution in [1.82, 2.24) is 0 Å². The summed E-state index contributed by atoms with van der Waals surface area (Å²) in [5.74, 6) is -3.85. The van der Waals surface area contributed by atoms with Crippen molar-refractivity contribution in [3.8, 4) is 0 Å². The lowest BCUT2D eigenvalue weighted by Gasteiger charge is -2.43. The Balaban J connectivity index is 6.18. The fourth-order valence-electron chi connectivity index (χ4n) is 1.38. The molecule has 0 bridgehead atoms. The lowest BCUT2D eigenvalue weighted by atomic mass is 9.81. The highest BCUT2D eigenvalue weighted by Crippen LogP contribution is 2.40. The fraction of sp³-hybridized carbons (Fsp3) is 1.00. The summed E-state index contributed by atoms with van der Waals surface area (Å²) in [4.78, 5) is 42.3. The van der Waals surface area contributed by atoms with E-state index in [1.165, 1.54) is 0 Å². The third-order valence-electron chi connectivity index (χ3n) is 2.56. The van der Waals surface area contributed by atoms with Crippen LogP contribution in [0.5, 0.6) is 0 Å². The Hall–Kier alpha value is -2.52. The summed E-state index contributed by atoms with van der Waals surface area (Å²) >= 11 is 0.